The SMILES string of the molecule is C=C[C@@H](C(=O)N1C(=O)OC[C@H]1Cc1ccccc1)[C@@H](O)CCOCc1ccc(OC)cc1. The Balaban J connectivity index is 1.53. The molecule has 1 N–H and O–H groups in total. The highest BCUT2D eigenvalue weighted by atomic mass is 16.6. The maximum atomic E-state index is 13.1. The van der Waals surface area contributed by atoms with E-state index in [1.165, 1.54) is 6.08 Å². The highest BCUT2D eigenvalue weighted by Crippen LogP contribution is 2.23. The Morgan fingerprint density at radius 2 is 1.94 bits per heavy atom. The van der Waals surface area contributed by atoms with Crippen molar-refractivity contribution in [3.8, 4) is 5.75 Å². The van der Waals surface area contributed by atoms with Gasteiger partial charge >= 0.3 is 6.09 Å². The molecule has 2 aromatic carbocycles. The molecule has 1 aliphatic heterocycles. The largest absolute Gasteiger partial charge is 0.497 e. The van der Waals surface area contributed by atoms with Gasteiger partial charge in [-0.15, -0.1) is 6.58 Å². The molecule has 2 amide bonds. The van der Waals surface area contributed by atoms with Crippen LogP contribution in [0.4, 0.5) is 4.79 Å². The van der Waals surface area contributed by atoms with Crippen molar-refractivity contribution in [1.82, 2.24) is 4.90 Å². The third-order valence-corrected chi connectivity index (χ3v) is 5.45. The summed E-state index contributed by atoms with van der Waals surface area (Å²) in [6, 6.07) is 16.7. The second-order valence-electron chi connectivity index (χ2n) is 7.65. The fourth-order valence-corrected chi connectivity index (χ4v) is 3.65. The highest BCUT2D eigenvalue weighted by Gasteiger charge is 2.41. The van der Waals surface area contributed by atoms with Gasteiger partial charge in [-0.3, -0.25) is 4.79 Å². The Labute approximate surface area is 188 Å². The fraction of sp³-hybridized carbons (Fsp3) is 0.360. The molecule has 0 radical (unpaired) electrons. The molecule has 0 spiro atoms. The normalized spacial score (nSPS) is 17.5. The summed E-state index contributed by atoms with van der Waals surface area (Å²) in [6.07, 6.45) is 0.378. The van der Waals surface area contributed by atoms with Crippen molar-refractivity contribution in [2.24, 2.45) is 5.92 Å². The van der Waals surface area contributed by atoms with Crippen molar-refractivity contribution in [2.45, 2.75) is 31.6 Å². The second-order valence-corrected chi connectivity index (χ2v) is 7.65. The molecule has 7 nitrogen and oxygen atoms in total. The first-order valence-electron chi connectivity index (χ1n) is 10.6. The summed E-state index contributed by atoms with van der Waals surface area (Å²) in [5, 5.41) is 10.6. The van der Waals surface area contributed by atoms with Gasteiger partial charge in [-0.25, -0.2) is 9.69 Å². The lowest BCUT2D eigenvalue weighted by molar-refractivity contribution is -0.135. The molecule has 170 valence electrons. The number of hydrogen-bond donors (Lipinski definition) is 1. The Kier molecular flexibility index (Phi) is 8.41. The Bertz CT molecular complexity index is 898. The predicted molar refractivity (Wildman–Crippen MR) is 119 cm³/mol. The maximum Gasteiger partial charge on any atom is 0.417 e. The van der Waals surface area contributed by atoms with Crippen LogP contribution in [0.25, 0.3) is 0 Å². The van der Waals surface area contributed by atoms with E-state index >= 15 is 0 Å². The first-order valence-corrected chi connectivity index (χ1v) is 10.6. The third-order valence-electron chi connectivity index (χ3n) is 5.45. The number of imide groups is 1. The minimum Gasteiger partial charge on any atom is -0.497 e. The number of aliphatic hydroxyl groups is 1. The number of carbonyl (C=O) groups is 2. The molecule has 7 heteroatoms. The summed E-state index contributed by atoms with van der Waals surface area (Å²) in [6.45, 7) is 4.45. The van der Waals surface area contributed by atoms with Gasteiger partial charge in [0.15, 0.2) is 0 Å². The summed E-state index contributed by atoms with van der Waals surface area (Å²) in [5.41, 5.74) is 1.97. The number of nitrogens with zero attached hydrogens (tertiary/aromatic N) is 1. The monoisotopic (exact) mass is 439 g/mol. The fourth-order valence-electron chi connectivity index (χ4n) is 3.65. The Hall–Kier alpha value is -3.16. The molecular weight excluding hydrogens is 410 g/mol. The number of cyclic esters (lactones) is 1. The van der Waals surface area contributed by atoms with Crippen LogP contribution in [0.1, 0.15) is 17.5 Å². The number of carbonyl (C=O) groups excluding carboxylic acids is 2. The van der Waals surface area contributed by atoms with Gasteiger partial charge in [-0.2, -0.15) is 0 Å². The van der Waals surface area contributed by atoms with E-state index in [1.807, 2.05) is 54.6 Å². The van der Waals surface area contributed by atoms with Crippen LogP contribution in [-0.2, 0) is 27.3 Å². The van der Waals surface area contributed by atoms with Gasteiger partial charge in [0.05, 0.1) is 31.8 Å². The van der Waals surface area contributed by atoms with Crippen LogP contribution in [0.15, 0.2) is 67.3 Å². The van der Waals surface area contributed by atoms with Crippen LogP contribution in [0.2, 0.25) is 0 Å². The van der Waals surface area contributed by atoms with Crippen molar-refractivity contribution in [1.29, 1.82) is 0 Å². The second kappa shape index (κ2) is 11.5. The van der Waals surface area contributed by atoms with Gasteiger partial charge in [0.25, 0.3) is 0 Å². The van der Waals surface area contributed by atoms with Gasteiger partial charge in [0, 0.05) is 6.61 Å². The average molecular weight is 440 g/mol. The van der Waals surface area contributed by atoms with Crippen molar-refractivity contribution >= 4 is 12.0 Å². The van der Waals surface area contributed by atoms with Gasteiger partial charge in [-0.05, 0) is 36.1 Å². The number of ether oxygens (including phenoxy) is 3. The Morgan fingerprint density at radius 1 is 1.22 bits per heavy atom. The molecule has 3 atom stereocenters. The van der Waals surface area contributed by atoms with E-state index in [0.717, 1.165) is 21.8 Å². The molecule has 32 heavy (non-hydrogen) atoms. The molecule has 1 fully saturated rings. The number of hydrogen-bond acceptors (Lipinski definition) is 6. The molecule has 3 rings (SSSR count). The molecule has 0 aliphatic carbocycles. The molecule has 1 heterocycles. The van der Waals surface area contributed by atoms with E-state index in [0.29, 0.717) is 13.0 Å². The van der Waals surface area contributed by atoms with E-state index in [4.69, 9.17) is 14.2 Å². The number of aliphatic hydroxyl groups excluding tert-OH is 1. The van der Waals surface area contributed by atoms with Crippen LogP contribution >= 0.6 is 0 Å². The topological polar surface area (TPSA) is 85.3 Å². The predicted octanol–water partition coefficient (Wildman–Crippen LogP) is 3.36. The van der Waals surface area contributed by atoms with E-state index in [1.54, 1.807) is 7.11 Å². The summed E-state index contributed by atoms with van der Waals surface area (Å²) >= 11 is 0. The molecular formula is C25H29NO6. The first kappa shape index (κ1) is 23.5. The van der Waals surface area contributed by atoms with Crippen LogP contribution in [-0.4, -0.2) is 54.5 Å². The minimum atomic E-state index is -1.03. The number of rotatable bonds is 11. The molecule has 0 saturated carbocycles. The first-order chi connectivity index (χ1) is 15.5. The van der Waals surface area contributed by atoms with E-state index in [9.17, 15) is 14.7 Å². The minimum absolute atomic E-state index is 0.129. The van der Waals surface area contributed by atoms with Gasteiger partial charge < -0.3 is 19.3 Å². The van der Waals surface area contributed by atoms with Crippen molar-refractivity contribution in [2.75, 3.05) is 20.3 Å². The molecule has 0 aromatic heterocycles. The van der Waals surface area contributed by atoms with Crippen LogP contribution in [0, 0.1) is 5.92 Å². The number of methoxy groups -OCH3 is 1. The molecule has 1 aliphatic rings. The van der Waals surface area contributed by atoms with Gasteiger partial charge in [0.2, 0.25) is 5.91 Å². The molecule has 0 unspecified atom stereocenters. The zero-order chi connectivity index (χ0) is 22.9. The molecule has 0 bridgehead atoms. The number of benzene rings is 2. The lowest BCUT2D eigenvalue weighted by atomic mass is 9.97. The van der Waals surface area contributed by atoms with E-state index in [2.05, 4.69) is 6.58 Å². The summed E-state index contributed by atoms with van der Waals surface area (Å²) in [7, 11) is 1.61. The zero-order valence-corrected chi connectivity index (χ0v) is 18.2. The summed E-state index contributed by atoms with van der Waals surface area (Å²) in [4.78, 5) is 26.5. The quantitative estimate of drug-likeness (QED) is 0.427. The van der Waals surface area contributed by atoms with Crippen LogP contribution in [0.5, 0.6) is 5.75 Å². The van der Waals surface area contributed by atoms with Crippen molar-refractivity contribution in [3.63, 3.8) is 0 Å². The molecule has 2 aromatic rings. The highest BCUT2D eigenvalue weighted by molar-refractivity contribution is 5.95. The number of amides is 2. The standard InChI is InChI=1S/C25H29NO6/c1-3-22(23(27)13-14-31-16-19-9-11-21(30-2)12-10-19)24(28)26-20(17-32-25(26)29)15-18-7-5-4-6-8-18/h3-12,20,22-23,27H,1,13-17H2,2H3/t20-,22-,23+/m1/s1. The van der Waals surface area contributed by atoms with Crippen molar-refractivity contribution < 1.29 is 28.9 Å². The van der Waals surface area contributed by atoms with E-state index < -0.39 is 30.1 Å². The zero-order valence-electron chi connectivity index (χ0n) is 18.2. The van der Waals surface area contributed by atoms with Crippen molar-refractivity contribution in [3.05, 3.63) is 78.4 Å². The van der Waals surface area contributed by atoms with Crippen LogP contribution < -0.4 is 4.74 Å². The van der Waals surface area contributed by atoms with Gasteiger partial charge in [0.1, 0.15) is 12.4 Å². The molecule has 1 saturated heterocycles. The third kappa shape index (κ3) is 5.96. The average Bonchev–Trinajstić information content (AvgIpc) is 3.18. The summed E-state index contributed by atoms with van der Waals surface area (Å²) < 4.78 is 15.9. The smallest absolute Gasteiger partial charge is 0.417 e. The Morgan fingerprint density at radius 3 is 2.59 bits per heavy atom. The summed E-state index contributed by atoms with van der Waals surface area (Å²) in [5.74, 6) is -0.669. The van der Waals surface area contributed by atoms with Gasteiger partial charge in [-0.1, -0.05) is 48.5 Å². The lowest BCUT2D eigenvalue weighted by Gasteiger charge is -2.26. The van der Waals surface area contributed by atoms with E-state index in [-0.39, 0.29) is 19.6 Å². The maximum absolute atomic E-state index is 13.1. The van der Waals surface area contributed by atoms with Crippen LogP contribution in [0.3, 0.4) is 0 Å². The lowest BCUT2D eigenvalue weighted by Crippen LogP contribution is -2.46.